The summed E-state index contributed by atoms with van der Waals surface area (Å²) in [6.45, 7) is 10.3. The second kappa shape index (κ2) is 8.55. The van der Waals surface area contributed by atoms with Gasteiger partial charge < -0.3 is 14.5 Å². The van der Waals surface area contributed by atoms with Gasteiger partial charge in [-0.3, -0.25) is 9.59 Å². The summed E-state index contributed by atoms with van der Waals surface area (Å²) in [7, 11) is 1.61. The van der Waals surface area contributed by atoms with Gasteiger partial charge in [-0.1, -0.05) is 25.1 Å². The molecule has 2 aliphatic rings. The highest BCUT2D eigenvalue weighted by Gasteiger charge is 2.43. The zero-order chi connectivity index (χ0) is 22.1. The number of ether oxygens (including phenoxy) is 1. The molecule has 0 spiro atoms. The van der Waals surface area contributed by atoms with Crippen molar-refractivity contribution in [3.63, 3.8) is 0 Å². The quantitative estimate of drug-likeness (QED) is 0.697. The molecule has 1 saturated heterocycles. The lowest BCUT2D eigenvalue weighted by molar-refractivity contribution is -0.120. The molecule has 2 aromatic carbocycles. The van der Waals surface area contributed by atoms with Gasteiger partial charge in [-0.2, -0.15) is 0 Å². The number of methoxy groups -OCH3 is 1. The van der Waals surface area contributed by atoms with Crippen LogP contribution in [0.25, 0.3) is 5.57 Å². The minimum atomic E-state index is -0.272. The normalized spacial score (nSPS) is 17.7. The lowest BCUT2D eigenvalue weighted by Gasteiger charge is -2.36. The molecular formula is C25H29N3O3. The molecule has 6 heteroatoms. The predicted molar refractivity (Wildman–Crippen MR) is 122 cm³/mol. The summed E-state index contributed by atoms with van der Waals surface area (Å²) in [5, 5.41) is 0. The van der Waals surface area contributed by atoms with E-state index in [0.29, 0.717) is 22.7 Å². The van der Waals surface area contributed by atoms with Crippen molar-refractivity contribution in [2.24, 2.45) is 0 Å². The van der Waals surface area contributed by atoms with Crippen molar-refractivity contribution < 1.29 is 14.3 Å². The number of imide groups is 1. The molecule has 162 valence electrons. The summed E-state index contributed by atoms with van der Waals surface area (Å²) in [4.78, 5) is 33.0. The van der Waals surface area contributed by atoms with Crippen LogP contribution in [0.3, 0.4) is 0 Å². The van der Waals surface area contributed by atoms with E-state index in [4.69, 9.17) is 4.74 Å². The molecule has 0 bridgehead atoms. The van der Waals surface area contributed by atoms with Crippen LogP contribution in [0.2, 0.25) is 0 Å². The van der Waals surface area contributed by atoms with Gasteiger partial charge >= 0.3 is 0 Å². The number of likely N-dealkylation sites (N-methyl/N-ethyl adjacent to an activating group) is 1. The standard InChI is InChI=1S/C25H29N3O3/c1-5-26-12-14-27(15-13-26)23-22(19-7-10-21(31-4)11-8-19)24(29)28(25(23)30)20-9-6-17(2)18(3)16-20/h6-11,16H,5,12-15H2,1-4H3. The van der Waals surface area contributed by atoms with Crippen LogP contribution < -0.4 is 9.64 Å². The second-order valence-corrected chi connectivity index (χ2v) is 8.09. The van der Waals surface area contributed by atoms with Crippen LogP contribution in [-0.2, 0) is 9.59 Å². The average molecular weight is 420 g/mol. The van der Waals surface area contributed by atoms with Gasteiger partial charge in [0.2, 0.25) is 0 Å². The summed E-state index contributed by atoms with van der Waals surface area (Å²) < 4.78 is 5.27. The van der Waals surface area contributed by atoms with Gasteiger partial charge in [-0.05, 0) is 61.3 Å². The fourth-order valence-electron chi connectivity index (χ4n) is 4.22. The number of anilines is 1. The number of amides is 2. The number of hydrogen-bond acceptors (Lipinski definition) is 5. The van der Waals surface area contributed by atoms with Gasteiger partial charge in [0, 0.05) is 26.2 Å². The first-order chi connectivity index (χ1) is 14.9. The third-order valence-corrected chi connectivity index (χ3v) is 6.32. The Morgan fingerprint density at radius 2 is 1.55 bits per heavy atom. The third-order valence-electron chi connectivity index (χ3n) is 6.32. The van der Waals surface area contributed by atoms with E-state index in [-0.39, 0.29) is 11.8 Å². The highest BCUT2D eigenvalue weighted by atomic mass is 16.5. The van der Waals surface area contributed by atoms with E-state index in [0.717, 1.165) is 49.4 Å². The fraction of sp³-hybridized carbons (Fsp3) is 0.360. The van der Waals surface area contributed by atoms with Gasteiger partial charge in [-0.15, -0.1) is 0 Å². The molecule has 0 saturated carbocycles. The van der Waals surface area contributed by atoms with Crippen molar-refractivity contribution in [2.45, 2.75) is 20.8 Å². The Balaban J connectivity index is 1.77. The van der Waals surface area contributed by atoms with Crippen LogP contribution in [0, 0.1) is 13.8 Å². The molecule has 2 aromatic rings. The van der Waals surface area contributed by atoms with Gasteiger partial charge in [0.15, 0.2) is 0 Å². The molecular weight excluding hydrogens is 390 g/mol. The van der Waals surface area contributed by atoms with Crippen molar-refractivity contribution in [3.05, 3.63) is 64.9 Å². The number of carbonyl (C=O) groups is 2. The van der Waals surface area contributed by atoms with Crippen molar-refractivity contribution in [1.82, 2.24) is 9.80 Å². The molecule has 0 aromatic heterocycles. The first-order valence-corrected chi connectivity index (χ1v) is 10.8. The van der Waals surface area contributed by atoms with E-state index in [9.17, 15) is 9.59 Å². The molecule has 4 rings (SSSR count). The molecule has 0 unspecified atom stereocenters. The molecule has 0 aliphatic carbocycles. The summed E-state index contributed by atoms with van der Waals surface area (Å²) in [6.07, 6.45) is 0. The molecule has 0 radical (unpaired) electrons. The van der Waals surface area contributed by atoms with E-state index in [1.54, 1.807) is 7.11 Å². The van der Waals surface area contributed by atoms with Gasteiger partial charge in [0.05, 0.1) is 18.4 Å². The first-order valence-electron chi connectivity index (χ1n) is 10.8. The number of hydrogen-bond donors (Lipinski definition) is 0. The zero-order valence-electron chi connectivity index (χ0n) is 18.6. The second-order valence-electron chi connectivity index (χ2n) is 8.09. The number of benzene rings is 2. The molecule has 0 N–H and O–H groups in total. The Morgan fingerprint density at radius 3 is 2.13 bits per heavy atom. The molecule has 2 heterocycles. The smallest absolute Gasteiger partial charge is 0.282 e. The number of nitrogens with zero attached hydrogens (tertiary/aromatic N) is 3. The molecule has 31 heavy (non-hydrogen) atoms. The topological polar surface area (TPSA) is 53.1 Å². The SMILES string of the molecule is CCN1CCN(C2=C(c3ccc(OC)cc3)C(=O)N(c3ccc(C)c(C)c3)C2=O)CC1. The van der Waals surface area contributed by atoms with Crippen LogP contribution in [0.15, 0.2) is 48.2 Å². The maximum absolute atomic E-state index is 13.6. The molecule has 6 nitrogen and oxygen atoms in total. The maximum atomic E-state index is 13.6. The van der Waals surface area contributed by atoms with Crippen molar-refractivity contribution in [3.8, 4) is 5.75 Å². The summed E-state index contributed by atoms with van der Waals surface area (Å²) in [6, 6.07) is 13.1. The monoisotopic (exact) mass is 419 g/mol. The first kappa shape index (κ1) is 21.1. The molecule has 2 amide bonds. The summed E-state index contributed by atoms with van der Waals surface area (Å²) in [5.74, 6) is 0.195. The van der Waals surface area contributed by atoms with Crippen molar-refractivity contribution >= 4 is 23.1 Å². The Labute approximate surface area is 183 Å². The van der Waals surface area contributed by atoms with Crippen LogP contribution in [-0.4, -0.2) is 61.4 Å². The summed E-state index contributed by atoms with van der Waals surface area (Å²) in [5.41, 5.74) is 4.50. The highest BCUT2D eigenvalue weighted by molar-refractivity contribution is 6.45. The van der Waals surface area contributed by atoms with E-state index in [1.165, 1.54) is 4.90 Å². The van der Waals surface area contributed by atoms with Crippen LogP contribution >= 0.6 is 0 Å². The van der Waals surface area contributed by atoms with Gasteiger partial charge in [0.25, 0.3) is 11.8 Å². The van der Waals surface area contributed by atoms with E-state index in [1.807, 2.05) is 56.3 Å². The zero-order valence-corrected chi connectivity index (χ0v) is 18.6. The highest BCUT2D eigenvalue weighted by Crippen LogP contribution is 2.36. The van der Waals surface area contributed by atoms with Crippen molar-refractivity contribution in [1.29, 1.82) is 0 Å². The minimum Gasteiger partial charge on any atom is -0.497 e. The van der Waals surface area contributed by atoms with Crippen LogP contribution in [0.5, 0.6) is 5.75 Å². The van der Waals surface area contributed by atoms with Crippen molar-refractivity contribution in [2.75, 3.05) is 44.7 Å². The Bertz CT molecular complexity index is 1030. The average Bonchev–Trinajstić information content (AvgIpc) is 3.05. The molecule has 2 aliphatic heterocycles. The maximum Gasteiger partial charge on any atom is 0.282 e. The Hall–Kier alpha value is -3.12. The largest absolute Gasteiger partial charge is 0.497 e. The van der Waals surface area contributed by atoms with E-state index < -0.39 is 0 Å². The number of aryl methyl sites for hydroxylation is 2. The fourth-order valence-corrected chi connectivity index (χ4v) is 4.22. The molecule has 0 atom stereocenters. The van der Waals surface area contributed by atoms with E-state index >= 15 is 0 Å². The number of piperazine rings is 1. The third kappa shape index (κ3) is 3.83. The lowest BCUT2D eigenvalue weighted by atomic mass is 10.0. The number of rotatable bonds is 5. The van der Waals surface area contributed by atoms with E-state index in [2.05, 4.69) is 16.7 Å². The predicted octanol–water partition coefficient (Wildman–Crippen LogP) is 3.23. The van der Waals surface area contributed by atoms with Crippen LogP contribution in [0.1, 0.15) is 23.6 Å². The van der Waals surface area contributed by atoms with Crippen LogP contribution in [0.4, 0.5) is 5.69 Å². The summed E-state index contributed by atoms with van der Waals surface area (Å²) >= 11 is 0. The van der Waals surface area contributed by atoms with Gasteiger partial charge in [0.1, 0.15) is 11.4 Å². The Morgan fingerprint density at radius 1 is 0.871 bits per heavy atom. The Kier molecular flexibility index (Phi) is 5.83. The lowest BCUT2D eigenvalue weighted by Crippen LogP contribution is -2.47. The van der Waals surface area contributed by atoms with Gasteiger partial charge in [-0.25, -0.2) is 4.90 Å². The molecule has 1 fully saturated rings. The minimum absolute atomic E-state index is 0.246. The number of carbonyl (C=O) groups excluding carboxylic acids is 2.